The van der Waals surface area contributed by atoms with Crippen molar-refractivity contribution in [2.75, 3.05) is 0 Å². The molecule has 1 nitrogen and oxygen atoms in total. The highest BCUT2D eigenvalue weighted by Gasteiger charge is 2.13. The fraction of sp³-hybridized carbons (Fsp3) is 0.143. The van der Waals surface area contributed by atoms with Crippen molar-refractivity contribution >= 4 is 13.3 Å². The summed E-state index contributed by atoms with van der Waals surface area (Å²) in [6.45, 7) is -0.125. The van der Waals surface area contributed by atoms with E-state index >= 15 is 0 Å². The number of hydrogen-bond donors (Lipinski definition) is 1. The minimum atomic E-state index is -1.57. The Labute approximate surface area is 68.8 Å². The molecule has 1 aromatic carbocycles. The number of benzene rings is 1. The van der Waals surface area contributed by atoms with Crippen LogP contribution in [0.5, 0.6) is 0 Å². The Kier molecular flexibility index (Phi) is 2.42. The number of halogens is 3. The number of hydrogen-bond acceptors (Lipinski definition) is 1. The van der Waals surface area contributed by atoms with Crippen LogP contribution in [-0.4, -0.2) is 7.85 Å². The van der Waals surface area contributed by atoms with Gasteiger partial charge in [-0.2, -0.15) is 0 Å². The van der Waals surface area contributed by atoms with Crippen molar-refractivity contribution in [2.24, 2.45) is 5.73 Å². The van der Waals surface area contributed by atoms with E-state index in [0.717, 1.165) is 6.07 Å². The van der Waals surface area contributed by atoms with Gasteiger partial charge in [-0.3, -0.25) is 0 Å². The van der Waals surface area contributed by atoms with Gasteiger partial charge in [-0.15, -0.1) is 0 Å². The summed E-state index contributed by atoms with van der Waals surface area (Å²) in [7, 11) is 5.10. The van der Waals surface area contributed by atoms with Crippen molar-refractivity contribution in [2.45, 2.75) is 6.54 Å². The van der Waals surface area contributed by atoms with Crippen molar-refractivity contribution < 1.29 is 13.2 Å². The summed E-state index contributed by atoms with van der Waals surface area (Å²) < 4.78 is 37.6. The fourth-order valence-corrected chi connectivity index (χ4v) is 0.827. The molecule has 0 aliphatic heterocycles. The molecule has 0 atom stereocenters. The van der Waals surface area contributed by atoms with Gasteiger partial charge in [-0.25, -0.2) is 13.2 Å². The highest BCUT2D eigenvalue weighted by atomic mass is 19.2. The van der Waals surface area contributed by atoms with Gasteiger partial charge < -0.3 is 5.73 Å². The average Bonchev–Trinajstić information content (AvgIpc) is 2.08. The molecular formula is C7H5BF3N. The summed E-state index contributed by atoms with van der Waals surface area (Å²) in [6, 6.07) is 0.785. The first kappa shape index (κ1) is 9.13. The first-order chi connectivity index (χ1) is 5.57. The maximum Gasteiger partial charge on any atom is 0.193 e. The van der Waals surface area contributed by atoms with Gasteiger partial charge in [0.25, 0.3) is 0 Å². The van der Waals surface area contributed by atoms with Crippen LogP contribution in [0.15, 0.2) is 6.07 Å². The highest BCUT2D eigenvalue weighted by Crippen LogP contribution is 2.10. The Morgan fingerprint density at radius 3 is 2.33 bits per heavy atom. The standard InChI is InChI=1S/C7H5BF3N/c8-5-3(2-12)1-4(9)6(10)7(5)11/h1H,2,12H2. The zero-order valence-corrected chi connectivity index (χ0v) is 6.07. The smallest absolute Gasteiger partial charge is 0.193 e. The molecule has 1 aromatic rings. The largest absolute Gasteiger partial charge is 0.327 e. The minimum Gasteiger partial charge on any atom is -0.327 e. The normalized spacial score (nSPS) is 10.3. The highest BCUT2D eigenvalue weighted by molar-refractivity contribution is 6.33. The van der Waals surface area contributed by atoms with Gasteiger partial charge in [0.15, 0.2) is 17.5 Å². The third-order valence-electron chi connectivity index (χ3n) is 1.51. The van der Waals surface area contributed by atoms with Crippen LogP contribution in [0.25, 0.3) is 0 Å². The quantitative estimate of drug-likeness (QED) is 0.478. The van der Waals surface area contributed by atoms with E-state index in [-0.39, 0.29) is 12.1 Å². The van der Waals surface area contributed by atoms with E-state index < -0.39 is 22.9 Å². The topological polar surface area (TPSA) is 26.0 Å². The van der Waals surface area contributed by atoms with Crippen LogP contribution >= 0.6 is 0 Å². The van der Waals surface area contributed by atoms with Gasteiger partial charge >= 0.3 is 0 Å². The molecule has 1 rings (SSSR count). The van der Waals surface area contributed by atoms with Crippen LogP contribution in [0.2, 0.25) is 0 Å². The second kappa shape index (κ2) is 3.19. The average molecular weight is 171 g/mol. The SMILES string of the molecule is [B]c1c(CN)cc(F)c(F)c1F. The van der Waals surface area contributed by atoms with Crippen LogP contribution in [0, 0.1) is 17.5 Å². The second-order valence-electron chi connectivity index (χ2n) is 2.26. The molecule has 2 N–H and O–H groups in total. The van der Waals surface area contributed by atoms with Crippen LogP contribution in [-0.2, 0) is 6.54 Å². The van der Waals surface area contributed by atoms with E-state index in [1.54, 1.807) is 0 Å². The molecule has 0 fully saturated rings. The monoisotopic (exact) mass is 171 g/mol. The second-order valence-corrected chi connectivity index (χ2v) is 2.26. The zero-order chi connectivity index (χ0) is 9.30. The Morgan fingerprint density at radius 2 is 1.83 bits per heavy atom. The zero-order valence-electron chi connectivity index (χ0n) is 6.07. The van der Waals surface area contributed by atoms with Gasteiger partial charge in [-0.1, -0.05) is 5.46 Å². The van der Waals surface area contributed by atoms with Crippen molar-refractivity contribution in [3.05, 3.63) is 29.1 Å². The Hall–Kier alpha value is -0.965. The van der Waals surface area contributed by atoms with Gasteiger partial charge in [0.1, 0.15) is 7.85 Å². The molecule has 0 aromatic heterocycles. The van der Waals surface area contributed by atoms with Crippen LogP contribution in [0.1, 0.15) is 5.56 Å². The molecule has 5 heteroatoms. The van der Waals surface area contributed by atoms with Crippen LogP contribution in [0.4, 0.5) is 13.2 Å². The number of rotatable bonds is 1. The molecule has 12 heavy (non-hydrogen) atoms. The maximum absolute atomic E-state index is 12.6. The molecule has 0 amide bonds. The first-order valence-electron chi connectivity index (χ1n) is 3.19. The molecular weight excluding hydrogens is 166 g/mol. The van der Waals surface area contributed by atoms with Crippen molar-refractivity contribution in [1.82, 2.24) is 0 Å². The third-order valence-corrected chi connectivity index (χ3v) is 1.51. The fourth-order valence-electron chi connectivity index (χ4n) is 0.827. The summed E-state index contributed by atoms with van der Waals surface area (Å²) in [5, 5.41) is 0. The summed E-state index contributed by atoms with van der Waals surface area (Å²) in [4.78, 5) is 0. The van der Waals surface area contributed by atoms with E-state index in [4.69, 9.17) is 13.6 Å². The number of nitrogens with two attached hydrogens (primary N) is 1. The van der Waals surface area contributed by atoms with Crippen molar-refractivity contribution in [3.63, 3.8) is 0 Å². The van der Waals surface area contributed by atoms with E-state index in [1.807, 2.05) is 0 Å². The van der Waals surface area contributed by atoms with Gasteiger partial charge in [0.05, 0.1) is 0 Å². The molecule has 0 saturated heterocycles. The molecule has 0 unspecified atom stereocenters. The molecule has 0 saturated carbocycles. The lowest BCUT2D eigenvalue weighted by atomic mass is 9.89. The third kappa shape index (κ3) is 1.32. The Bertz CT molecular complexity index is 314. The minimum absolute atomic E-state index is 0.0615. The van der Waals surface area contributed by atoms with Crippen molar-refractivity contribution in [1.29, 1.82) is 0 Å². The molecule has 0 bridgehead atoms. The van der Waals surface area contributed by atoms with Gasteiger partial charge in [0, 0.05) is 6.54 Å². The molecule has 0 heterocycles. The summed E-state index contributed by atoms with van der Waals surface area (Å²) in [6.07, 6.45) is 0. The molecule has 0 aliphatic rings. The van der Waals surface area contributed by atoms with E-state index in [2.05, 4.69) is 0 Å². The molecule has 0 aliphatic carbocycles. The Morgan fingerprint density at radius 1 is 1.25 bits per heavy atom. The lowest BCUT2D eigenvalue weighted by Crippen LogP contribution is -2.20. The summed E-state index contributed by atoms with van der Waals surface area (Å²) in [5.41, 5.74) is 4.73. The Balaban J connectivity index is 3.39. The summed E-state index contributed by atoms with van der Waals surface area (Å²) >= 11 is 0. The molecule has 2 radical (unpaired) electrons. The first-order valence-corrected chi connectivity index (χ1v) is 3.19. The maximum atomic E-state index is 12.6. The lowest BCUT2D eigenvalue weighted by molar-refractivity contribution is 0.449. The van der Waals surface area contributed by atoms with Gasteiger partial charge in [0.2, 0.25) is 0 Å². The van der Waals surface area contributed by atoms with Crippen LogP contribution < -0.4 is 11.2 Å². The summed E-state index contributed by atoms with van der Waals surface area (Å²) in [5.74, 6) is -4.22. The van der Waals surface area contributed by atoms with E-state index in [9.17, 15) is 13.2 Å². The molecule has 62 valence electrons. The van der Waals surface area contributed by atoms with E-state index in [0.29, 0.717) is 0 Å². The van der Waals surface area contributed by atoms with Crippen molar-refractivity contribution in [3.8, 4) is 0 Å². The predicted molar refractivity (Wildman–Crippen MR) is 39.6 cm³/mol. The predicted octanol–water partition coefficient (Wildman–Crippen LogP) is 0.356. The lowest BCUT2D eigenvalue weighted by Gasteiger charge is -2.05. The van der Waals surface area contributed by atoms with Gasteiger partial charge in [-0.05, 0) is 11.6 Å². The van der Waals surface area contributed by atoms with E-state index in [1.165, 1.54) is 0 Å². The van der Waals surface area contributed by atoms with Crippen LogP contribution in [0.3, 0.4) is 0 Å². The molecule has 0 spiro atoms.